The van der Waals surface area contributed by atoms with Gasteiger partial charge in [0.2, 0.25) is 0 Å². The second kappa shape index (κ2) is 7.99. The lowest BCUT2D eigenvalue weighted by Crippen LogP contribution is -2.34. The molecular formula is C19H22N2O4S. The topological polar surface area (TPSA) is 95.5 Å². The van der Waals surface area contributed by atoms with Crippen LogP contribution in [0.2, 0.25) is 0 Å². The van der Waals surface area contributed by atoms with Crippen molar-refractivity contribution in [3.63, 3.8) is 0 Å². The molecule has 0 aromatic heterocycles. The molecule has 1 aliphatic rings. The molecule has 1 saturated heterocycles. The molecule has 26 heavy (non-hydrogen) atoms. The molecule has 3 N–H and O–H groups in total. The Hall–Kier alpha value is -2.22. The minimum Gasteiger partial charge on any atom is -0.391 e. The maximum absolute atomic E-state index is 12.5. The largest absolute Gasteiger partial charge is 0.391 e. The molecule has 1 amide bonds. The van der Waals surface area contributed by atoms with Gasteiger partial charge in [-0.15, -0.1) is 0 Å². The molecule has 0 radical (unpaired) electrons. The number of sulfone groups is 1. The van der Waals surface area contributed by atoms with Crippen LogP contribution in [-0.2, 0) is 15.6 Å². The van der Waals surface area contributed by atoms with Crippen molar-refractivity contribution in [2.24, 2.45) is 5.92 Å². The van der Waals surface area contributed by atoms with Gasteiger partial charge in [-0.1, -0.05) is 30.3 Å². The number of β-amino-alcohol motifs (C(OH)–C–C–N with tert-alkyl or cyclic N) is 1. The highest BCUT2D eigenvalue weighted by molar-refractivity contribution is 7.90. The number of carbonyl (C=O) groups excluding carboxylic acids is 1. The Balaban J connectivity index is 1.67. The van der Waals surface area contributed by atoms with Gasteiger partial charge in [0.15, 0.2) is 9.84 Å². The van der Waals surface area contributed by atoms with Crippen molar-refractivity contribution < 1.29 is 18.3 Å². The molecule has 1 aliphatic heterocycles. The van der Waals surface area contributed by atoms with E-state index in [9.17, 15) is 18.3 Å². The highest BCUT2D eigenvalue weighted by atomic mass is 32.2. The summed E-state index contributed by atoms with van der Waals surface area (Å²) in [5.41, 5.74) is 0.968. The van der Waals surface area contributed by atoms with Crippen LogP contribution in [0.1, 0.15) is 15.9 Å². The molecule has 0 bridgehead atoms. The Kier molecular flexibility index (Phi) is 5.70. The van der Waals surface area contributed by atoms with Gasteiger partial charge in [-0.05, 0) is 29.8 Å². The van der Waals surface area contributed by atoms with Crippen LogP contribution in [0.5, 0.6) is 0 Å². The first-order valence-electron chi connectivity index (χ1n) is 8.49. The van der Waals surface area contributed by atoms with Gasteiger partial charge < -0.3 is 15.7 Å². The van der Waals surface area contributed by atoms with Gasteiger partial charge in [0.1, 0.15) is 0 Å². The predicted octanol–water partition coefficient (Wildman–Crippen LogP) is 0.971. The van der Waals surface area contributed by atoms with Gasteiger partial charge >= 0.3 is 0 Å². The molecule has 0 aliphatic carbocycles. The molecule has 2 aromatic rings. The van der Waals surface area contributed by atoms with Crippen LogP contribution < -0.4 is 10.6 Å². The van der Waals surface area contributed by atoms with Gasteiger partial charge in [-0.25, -0.2) is 8.42 Å². The first kappa shape index (κ1) is 18.6. The van der Waals surface area contributed by atoms with E-state index in [-0.39, 0.29) is 22.5 Å². The Labute approximate surface area is 153 Å². The fourth-order valence-electron chi connectivity index (χ4n) is 2.99. The summed E-state index contributed by atoms with van der Waals surface area (Å²) in [6.07, 6.45) is -0.461. The van der Waals surface area contributed by atoms with Crippen LogP contribution >= 0.6 is 0 Å². The lowest BCUT2D eigenvalue weighted by atomic mass is 10.1. The van der Waals surface area contributed by atoms with Gasteiger partial charge in [0, 0.05) is 31.1 Å². The summed E-state index contributed by atoms with van der Waals surface area (Å²) >= 11 is 0. The zero-order chi connectivity index (χ0) is 18.6. The number of carbonyl (C=O) groups is 1. The first-order chi connectivity index (χ1) is 12.5. The predicted molar refractivity (Wildman–Crippen MR) is 98.5 cm³/mol. The Morgan fingerprint density at radius 2 is 1.88 bits per heavy atom. The van der Waals surface area contributed by atoms with Crippen LogP contribution in [-0.4, -0.2) is 45.2 Å². The van der Waals surface area contributed by atoms with Crippen molar-refractivity contribution in [3.05, 3.63) is 65.7 Å². The molecule has 138 valence electrons. The molecule has 2 atom stereocenters. The van der Waals surface area contributed by atoms with E-state index < -0.39 is 15.9 Å². The molecule has 0 spiro atoms. The third kappa shape index (κ3) is 4.49. The standard InChI is InChI=1S/C19H22N2O4S/c22-18-12-20-10-16(18)11-21-19(23)15-6-4-5-14(9-15)13-26(24,25)17-7-2-1-3-8-17/h1-9,16,18,20,22H,10-13H2,(H,21,23). The van der Waals surface area contributed by atoms with E-state index >= 15 is 0 Å². The van der Waals surface area contributed by atoms with Gasteiger partial charge in [-0.3, -0.25) is 4.79 Å². The summed E-state index contributed by atoms with van der Waals surface area (Å²) in [6.45, 7) is 1.57. The Bertz CT molecular complexity index is 868. The normalized spacial score (nSPS) is 20.0. The number of benzene rings is 2. The monoisotopic (exact) mass is 374 g/mol. The molecule has 7 heteroatoms. The van der Waals surface area contributed by atoms with E-state index in [0.29, 0.717) is 30.8 Å². The fraction of sp³-hybridized carbons (Fsp3) is 0.316. The summed E-state index contributed by atoms with van der Waals surface area (Å²) in [5.74, 6) is -0.452. The van der Waals surface area contributed by atoms with E-state index in [1.54, 1.807) is 54.6 Å². The summed E-state index contributed by atoms with van der Waals surface area (Å²) in [6, 6.07) is 14.9. The number of amides is 1. The van der Waals surface area contributed by atoms with E-state index in [0.717, 1.165) is 0 Å². The average molecular weight is 374 g/mol. The van der Waals surface area contributed by atoms with Crippen molar-refractivity contribution >= 4 is 15.7 Å². The molecule has 6 nitrogen and oxygen atoms in total. The number of hydrogen-bond donors (Lipinski definition) is 3. The van der Waals surface area contributed by atoms with Crippen LogP contribution in [0.4, 0.5) is 0 Å². The lowest BCUT2D eigenvalue weighted by molar-refractivity contribution is 0.0927. The minimum atomic E-state index is -3.46. The summed E-state index contributed by atoms with van der Waals surface area (Å²) in [7, 11) is -3.46. The zero-order valence-electron chi connectivity index (χ0n) is 14.3. The number of aliphatic hydroxyl groups excluding tert-OH is 1. The minimum absolute atomic E-state index is 0.0133. The molecule has 2 aromatic carbocycles. The van der Waals surface area contributed by atoms with Crippen LogP contribution in [0.15, 0.2) is 59.5 Å². The summed E-state index contributed by atoms with van der Waals surface area (Å²) in [4.78, 5) is 12.6. The highest BCUT2D eigenvalue weighted by Gasteiger charge is 2.25. The maximum Gasteiger partial charge on any atom is 0.251 e. The quantitative estimate of drug-likeness (QED) is 0.700. The Morgan fingerprint density at radius 3 is 2.58 bits per heavy atom. The van der Waals surface area contributed by atoms with Crippen molar-refractivity contribution in [1.82, 2.24) is 10.6 Å². The lowest BCUT2D eigenvalue weighted by Gasteiger charge is -2.14. The fourth-order valence-corrected chi connectivity index (χ4v) is 4.34. The number of hydrogen-bond acceptors (Lipinski definition) is 5. The molecule has 1 fully saturated rings. The smallest absolute Gasteiger partial charge is 0.251 e. The third-order valence-corrected chi connectivity index (χ3v) is 6.18. The molecule has 0 saturated carbocycles. The molecule has 2 unspecified atom stereocenters. The van der Waals surface area contributed by atoms with Crippen LogP contribution in [0.3, 0.4) is 0 Å². The average Bonchev–Trinajstić information content (AvgIpc) is 3.05. The summed E-state index contributed by atoms with van der Waals surface area (Å²) < 4.78 is 25.0. The van der Waals surface area contributed by atoms with Crippen molar-refractivity contribution in [1.29, 1.82) is 0 Å². The highest BCUT2D eigenvalue weighted by Crippen LogP contribution is 2.17. The van der Waals surface area contributed by atoms with E-state index in [1.165, 1.54) is 0 Å². The van der Waals surface area contributed by atoms with Gasteiger partial charge in [0.05, 0.1) is 16.8 Å². The van der Waals surface area contributed by atoms with Gasteiger partial charge in [-0.2, -0.15) is 0 Å². The molecule has 3 rings (SSSR count). The number of rotatable bonds is 6. The van der Waals surface area contributed by atoms with Gasteiger partial charge in [0.25, 0.3) is 5.91 Å². The second-order valence-corrected chi connectivity index (χ2v) is 8.46. The van der Waals surface area contributed by atoms with Crippen LogP contribution in [0.25, 0.3) is 0 Å². The Morgan fingerprint density at radius 1 is 1.12 bits per heavy atom. The second-order valence-electron chi connectivity index (χ2n) is 6.47. The molecular weight excluding hydrogens is 352 g/mol. The molecule has 1 heterocycles. The SMILES string of the molecule is O=C(NCC1CNCC1O)c1cccc(CS(=O)(=O)c2ccccc2)c1. The van der Waals surface area contributed by atoms with Crippen LogP contribution in [0, 0.1) is 5.92 Å². The van der Waals surface area contributed by atoms with E-state index in [4.69, 9.17) is 0 Å². The van der Waals surface area contributed by atoms with Crippen molar-refractivity contribution in [2.75, 3.05) is 19.6 Å². The van der Waals surface area contributed by atoms with E-state index in [1.807, 2.05) is 0 Å². The van der Waals surface area contributed by atoms with Crippen molar-refractivity contribution in [3.8, 4) is 0 Å². The third-order valence-electron chi connectivity index (χ3n) is 4.48. The number of aliphatic hydroxyl groups is 1. The first-order valence-corrected chi connectivity index (χ1v) is 10.1. The van der Waals surface area contributed by atoms with E-state index in [2.05, 4.69) is 10.6 Å². The maximum atomic E-state index is 12.5. The number of nitrogens with one attached hydrogen (secondary N) is 2. The zero-order valence-corrected chi connectivity index (χ0v) is 15.1. The van der Waals surface area contributed by atoms with Crippen molar-refractivity contribution in [2.45, 2.75) is 16.8 Å². The summed E-state index contributed by atoms with van der Waals surface area (Å²) in [5, 5.41) is 15.6.